The van der Waals surface area contributed by atoms with Gasteiger partial charge in [-0.1, -0.05) is 0 Å². The summed E-state index contributed by atoms with van der Waals surface area (Å²) >= 11 is 1.54. The van der Waals surface area contributed by atoms with Gasteiger partial charge in [-0.2, -0.15) is 0 Å². The molecule has 0 unspecified atom stereocenters. The first kappa shape index (κ1) is 5.87. The van der Waals surface area contributed by atoms with Crippen molar-refractivity contribution in [3.63, 3.8) is 0 Å². The number of hydrogen-bond acceptors (Lipinski definition) is 2. The van der Waals surface area contributed by atoms with Gasteiger partial charge < -0.3 is 0 Å². The van der Waals surface area contributed by atoms with Crippen LogP contribution in [0.15, 0.2) is 10.3 Å². The van der Waals surface area contributed by atoms with Gasteiger partial charge in [0.1, 0.15) is 0 Å². The lowest BCUT2D eigenvalue weighted by Gasteiger charge is -1.76. The smallest absolute Gasteiger partial charge is 0.258 e. The highest BCUT2D eigenvalue weighted by Gasteiger charge is 1.93. The van der Waals surface area contributed by atoms with Gasteiger partial charge in [-0.25, -0.2) is 0 Å². The van der Waals surface area contributed by atoms with Crippen LogP contribution in [0.2, 0.25) is 0 Å². The first-order valence-electron chi connectivity index (χ1n) is 1.13. The molecular formula is C2H2INO2. The molecule has 0 N–H and O–H groups in total. The van der Waals surface area contributed by atoms with Crippen molar-refractivity contribution in [1.82, 2.24) is 0 Å². The van der Waals surface area contributed by atoms with E-state index >= 15 is 0 Å². The van der Waals surface area contributed by atoms with Crippen LogP contribution in [0.25, 0.3) is 0 Å². The van der Waals surface area contributed by atoms with Crippen molar-refractivity contribution in [2.75, 3.05) is 0 Å². The molecule has 0 aromatic rings. The maximum absolute atomic E-state index is 9.40. The lowest BCUT2D eigenvalue weighted by atomic mass is 11.1. The fraction of sp³-hybridized carbons (Fsp3) is 0. The van der Waals surface area contributed by atoms with E-state index in [4.69, 9.17) is 0 Å². The highest BCUT2D eigenvalue weighted by atomic mass is 127. The van der Waals surface area contributed by atoms with E-state index in [2.05, 4.69) is 6.58 Å². The van der Waals surface area contributed by atoms with Crippen molar-refractivity contribution in [3.8, 4) is 0 Å². The second-order valence-electron chi connectivity index (χ2n) is 0.633. The van der Waals surface area contributed by atoms with Crippen LogP contribution in [0.4, 0.5) is 0 Å². The molecule has 0 saturated carbocycles. The molecule has 0 rings (SSSR count). The highest BCUT2D eigenvalue weighted by Crippen LogP contribution is 1.99. The van der Waals surface area contributed by atoms with E-state index in [9.17, 15) is 10.1 Å². The van der Waals surface area contributed by atoms with E-state index < -0.39 is 4.92 Å². The Morgan fingerprint density at radius 3 is 2.17 bits per heavy atom. The molecule has 0 spiro atoms. The average Bonchev–Trinajstić information content (AvgIpc) is 1.36. The molecule has 0 heterocycles. The second-order valence-corrected chi connectivity index (χ2v) is 1.88. The first-order chi connectivity index (χ1) is 2.64. The topological polar surface area (TPSA) is 43.1 Å². The van der Waals surface area contributed by atoms with Gasteiger partial charge in [-0.05, 0) is 6.58 Å². The fourth-order valence-corrected chi connectivity index (χ4v) is 0. The monoisotopic (exact) mass is 199 g/mol. The maximum Gasteiger partial charge on any atom is 0.296 e. The largest absolute Gasteiger partial charge is 0.296 e. The third-order valence-corrected chi connectivity index (χ3v) is 0.592. The third-order valence-electron chi connectivity index (χ3n) is 0.198. The summed E-state index contributed by atoms with van der Waals surface area (Å²) in [4.78, 5) is 8.86. The Bertz CT molecular complexity index is 77.5. The average molecular weight is 199 g/mol. The van der Waals surface area contributed by atoms with Gasteiger partial charge in [0.25, 0.3) is 3.70 Å². The fourth-order valence-electron chi connectivity index (χ4n) is 0. The van der Waals surface area contributed by atoms with Gasteiger partial charge in [0.15, 0.2) is 0 Å². The first-order valence-corrected chi connectivity index (χ1v) is 2.21. The predicted molar refractivity (Wildman–Crippen MR) is 30.2 cm³/mol. The standard InChI is InChI=1S/C2H2INO2/c1-2(3)4(5)6/h1H2. The molecule has 0 aliphatic rings. The number of hydrogen-bond donors (Lipinski definition) is 0. The molecule has 0 aliphatic carbocycles. The molecular weight excluding hydrogens is 197 g/mol. The molecule has 4 heteroatoms. The van der Waals surface area contributed by atoms with E-state index in [1.54, 1.807) is 0 Å². The van der Waals surface area contributed by atoms with Crippen LogP contribution in [-0.2, 0) is 0 Å². The van der Waals surface area contributed by atoms with Gasteiger partial charge in [0.2, 0.25) is 0 Å². The predicted octanol–water partition coefficient (Wildman–Crippen LogP) is 1.17. The molecule has 0 saturated heterocycles. The van der Waals surface area contributed by atoms with E-state index in [-0.39, 0.29) is 3.70 Å². The van der Waals surface area contributed by atoms with Gasteiger partial charge in [0.05, 0.1) is 4.92 Å². The van der Waals surface area contributed by atoms with Crippen LogP contribution < -0.4 is 0 Å². The second kappa shape index (κ2) is 2.12. The number of nitro groups is 1. The Balaban J connectivity index is 3.57. The third kappa shape index (κ3) is 2.13. The lowest BCUT2D eigenvalue weighted by molar-refractivity contribution is -0.405. The Labute approximate surface area is 48.3 Å². The number of nitrogens with zero attached hydrogens (tertiary/aromatic N) is 1. The summed E-state index contributed by atoms with van der Waals surface area (Å²) in [5, 5.41) is 9.40. The minimum atomic E-state index is -0.541. The van der Waals surface area contributed by atoms with Gasteiger partial charge in [0, 0.05) is 22.6 Å². The summed E-state index contributed by atoms with van der Waals surface area (Å²) in [6.45, 7) is 3.04. The van der Waals surface area contributed by atoms with Crippen molar-refractivity contribution in [1.29, 1.82) is 0 Å². The summed E-state index contributed by atoms with van der Waals surface area (Å²) in [6.07, 6.45) is 0. The van der Waals surface area contributed by atoms with Gasteiger partial charge in [-0.3, -0.25) is 10.1 Å². The molecule has 0 bridgehead atoms. The van der Waals surface area contributed by atoms with Crippen molar-refractivity contribution in [2.45, 2.75) is 0 Å². The highest BCUT2D eigenvalue weighted by molar-refractivity contribution is 14.1. The SMILES string of the molecule is C=C(I)[N+](=O)[O-]. The molecule has 6 heavy (non-hydrogen) atoms. The molecule has 0 amide bonds. The Hall–Kier alpha value is -0.130. The van der Waals surface area contributed by atoms with Gasteiger partial charge >= 0.3 is 0 Å². The zero-order chi connectivity index (χ0) is 5.15. The molecule has 3 nitrogen and oxygen atoms in total. The van der Waals surface area contributed by atoms with Crippen LogP contribution in [0.3, 0.4) is 0 Å². The number of halogens is 1. The van der Waals surface area contributed by atoms with Crippen molar-refractivity contribution < 1.29 is 4.92 Å². The quantitative estimate of drug-likeness (QED) is 0.275. The summed E-state index contributed by atoms with van der Waals surface area (Å²) < 4.78 is -0.0485. The maximum atomic E-state index is 9.40. The van der Waals surface area contributed by atoms with Crippen LogP contribution in [0, 0.1) is 10.1 Å². The van der Waals surface area contributed by atoms with Crippen molar-refractivity contribution >= 4 is 22.6 Å². The van der Waals surface area contributed by atoms with Crippen LogP contribution in [0.1, 0.15) is 0 Å². The van der Waals surface area contributed by atoms with E-state index in [1.165, 1.54) is 22.6 Å². The zero-order valence-electron chi connectivity index (χ0n) is 2.85. The van der Waals surface area contributed by atoms with E-state index in [1.807, 2.05) is 0 Å². The lowest BCUT2D eigenvalue weighted by Crippen LogP contribution is -1.85. The Kier molecular flexibility index (Phi) is 2.07. The molecule has 0 radical (unpaired) electrons. The molecule has 0 aromatic heterocycles. The molecule has 0 aromatic carbocycles. The van der Waals surface area contributed by atoms with Crippen molar-refractivity contribution in [2.24, 2.45) is 0 Å². The molecule has 34 valence electrons. The van der Waals surface area contributed by atoms with Gasteiger partial charge in [-0.15, -0.1) is 0 Å². The Morgan fingerprint density at radius 2 is 2.17 bits per heavy atom. The molecule has 0 aliphatic heterocycles. The van der Waals surface area contributed by atoms with Crippen LogP contribution in [-0.4, -0.2) is 4.92 Å². The summed E-state index contributed by atoms with van der Waals surface area (Å²) in [7, 11) is 0. The van der Waals surface area contributed by atoms with Crippen LogP contribution >= 0.6 is 22.6 Å². The van der Waals surface area contributed by atoms with Crippen LogP contribution in [0.5, 0.6) is 0 Å². The molecule has 0 atom stereocenters. The minimum Gasteiger partial charge on any atom is -0.258 e. The molecule has 0 fully saturated rings. The van der Waals surface area contributed by atoms with Crippen molar-refractivity contribution in [3.05, 3.63) is 20.4 Å². The van der Waals surface area contributed by atoms with E-state index in [0.29, 0.717) is 0 Å². The number of rotatable bonds is 1. The zero-order valence-corrected chi connectivity index (χ0v) is 5.01. The summed E-state index contributed by atoms with van der Waals surface area (Å²) in [6, 6.07) is 0. The minimum absolute atomic E-state index is 0.0485. The van der Waals surface area contributed by atoms with E-state index in [0.717, 1.165) is 0 Å². The summed E-state index contributed by atoms with van der Waals surface area (Å²) in [5.74, 6) is 0. The Morgan fingerprint density at radius 1 is 2.00 bits per heavy atom. The normalized spacial score (nSPS) is 7.50. The summed E-state index contributed by atoms with van der Waals surface area (Å²) in [5.41, 5.74) is 0.